The third-order valence-corrected chi connectivity index (χ3v) is 4.63. The number of hydrogen-bond acceptors (Lipinski definition) is 2. The average molecular weight is 268 g/mol. The van der Waals surface area contributed by atoms with Crippen molar-refractivity contribution in [3.63, 3.8) is 0 Å². The van der Waals surface area contributed by atoms with Crippen molar-refractivity contribution in [2.75, 3.05) is 0 Å². The smallest absolute Gasteiger partial charge is 0.196 e. The van der Waals surface area contributed by atoms with Crippen LogP contribution in [0.15, 0.2) is 47.3 Å². The van der Waals surface area contributed by atoms with Crippen LogP contribution < -0.4 is 5.43 Å². The van der Waals surface area contributed by atoms with Crippen LogP contribution in [0.2, 0.25) is 0 Å². The molecular formula is C17H16OS. The minimum absolute atomic E-state index is 0.191. The second kappa shape index (κ2) is 5.14. The van der Waals surface area contributed by atoms with Gasteiger partial charge in [-0.25, -0.2) is 0 Å². The van der Waals surface area contributed by atoms with Crippen LogP contribution in [0.25, 0.3) is 20.2 Å². The average Bonchev–Trinajstić information content (AvgIpc) is 2.45. The summed E-state index contributed by atoms with van der Waals surface area (Å²) in [5.74, 6) is 0. The number of aryl methyl sites for hydroxylation is 1. The van der Waals surface area contributed by atoms with Crippen LogP contribution in [-0.4, -0.2) is 0 Å². The highest BCUT2D eigenvalue weighted by atomic mass is 32.1. The Bertz CT molecular complexity index is 786. The summed E-state index contributed by atoms with van der Waals surface area (Å²) in [6.07, 6.45) is 3.28. The lowest BCUT2D eigenvalue weighted by molar-refractivity contribution is 0.799. The van der Waals surface area contributed by atoms with Gasteiger partial charge in [-0.15, -0.1) is 11.3 Å². The van der Waals surface area contributed by atoms with Crippen molar-refractivity contribution in [3.05, 3.63) is 58.3 Å². The first kappa shape index (κ1) is 12.4. The van der Waals surface area contributed by atoms with Crippen molar-refractivity contribution >= 4 is 31.5 Å². The molecule has 0 unspecified atom stereocenters. The largest absolute Gasteiger partial charge is 0.288 e. The van der Waals surface area contributed by atoms with Gasteiger partial charge in [-0.1, -0.05) is 37.6 Å². The quantitative estimate of drug-likeness (QED) is 0.626. The molecule has 19 heavy (non-hydrogen) atoms. The van der Waals surface area contributed by atoms with Gasteiger partial charge in [0.2, 0.25) is 0 Å². The second-order valence-electron chi connectivity index (χ2n) is 4.82. The molecule has 2 heteroatoms. The summed E-state index contributed by atoms with van der Waals surface area (Å²) >= 11 is 1.71. The van der Waals surface area contributed by atoms with E-state index in [4.69, 9.17) is 0 Å². The molecule has 0 fully saturated rings. The Morgan fingerprint density at radius 1 is 1.00 bits per heavy atom. The fourth-order valence-corrected chi connectivity index (χ4v) is 3.62. The maximum absolute atomic E-state index is 12.7. The molecule has 0 saturated carbocycles. The van der Waals surface area contributed by atoms with Crippen molar-refractivity contribution in [1.29, 1.82) is 0 Å². The lowest BCUT2D eigenvalue weighted by Crippen LogP contribution is -2.04. The third kappa shape index (κ3) is 2.17. The second-order valence-corrected chi connectivity index (χ2v) is 5.90. The zero-order valence-electron chi connectivity index (χ0n) is 11.0. The van der Waals surface area contributed by atoms with Crippen LogP contribution in [0.3, 0.4) is 0 Å². The Morgan fingerprint density at radius 3 is 2.63 bits per heavy atom. The van der Waals surface area contributed by atoms with Gasteiger partial charge in [0.1, 0.15) is 0 Å². The Balaban J connectivity index is 2.36. The van der Waals surface area contributed by atoms with E-state index in [1.807, 2.05) is 24.3 Å². The van der Waals surface area contributed by atoms with E-state index in [1.165, 1.54) is 5.56 Å². The summed E-state index contributed by atoms with van der Waals surface area (Å²) in [4.78, 5) is 12.7. The van der Waals surface area contributed by atoms with Crippen LogP contribution in [0.4, 0.5) is 0 Å². The van der Waals surface area contributed by atoms with Crippen molar-refractivity contribution in [3.8, 4) is 0 Å². The molecule has 0 aliphatic heterocycles. The van der Waals surface area contributed by atoms with E-state index in [9.17, 15) is 4.79 Å². The summed E-state index contributed by atoms with van der Waals surface area (Å²) in [7, 11) is 0. The van der Waals surface area contributed by atoms with Gasteiger partial charge in [-0.05, 0) is 36.6 Å². The Labute approximate surface area is 116 Å². The highest BCUT2D eigenvalue weighted by Gasteiger charge is 2.09. The lowest BCUT2D eigenvalue weighted by Gasteiger charge is -2.06. The summed E-state index contributed by atoms with van der Waals surface area (Å²) < 4.78 is 2.19. The minimum atomic E-state index is 0.191. The summed E-state index contributed by atoms with van der Waals surface area (Å²) in [6.45, 7) is 2.18. The topological polar surface area (TPSA) is 17.1 Å². The van der Waals surface area contributed by atoms with Gasteiger partial charge in [-0.3, -0.25) is 4.79 Å². The lowest BCUT2D eigenvalue weighted by atomic mass is 10.0. The molecule has 96 valence electrons. The fraction of sp³-hybridized carbons (Fsp3) is 0.235. The van der Waals surface area contributed by atoms with Gasteiger partial charge in [0.05, 0.1) is 0 Å². The van der Waals surface area contributed by atoms with Crippen LogP contribution in [-0.2, 0) is 6.42 Å². The molecule has 0 aliphatic carbocycles. The van der Waals surface area contributed by atoms with Gasteiger partial charge in [0.15, 0.2) is 5.43 Å². The number of fused-ring (bicyclic) bond motifs is 2. The van der Waals surface area contributed by atoms with Gasteiger partial charge >= 0.3 is 0 Å². The van der Waals surface area contributed by atoms with Gasteiger partial charge in [0.25, 0.3) is 0 Å². The van der Waals surface area contributed by atoms with E-state index < -0.39 is 0 Å². The molecule has 3 rings (SSSR count). The maximum Gasteiger partial charge on any atom is 0.196 e. The normalized spacial score (nSPS) is 11.2. The molecule has 1 heterocycles. The van der Waals surface area contributed by atoms with E-state index in [0.29, 0.717) is 0 Å². The molecular weight excluding hydrogens is 252 g/mol. The molecule has 0 spiro atoms. The van der Waals surface area contributed by atoms with Gasteiger partial charge < -0.3 is 0 Å². The molecule has 0 amide bonds. The van der Waals surface area contributed by atoms with Crippen LogP contribution >= 0.6 is 11.3 Å². The summed E-state index contributed by atoms with van der Waals surface area (Å²) in [5.41, 5.74) is 1.39. The zero-order valence-corrected chi connectivity index (χ0v) is 11.8. The van der Waals surface area contributed by atoms with Crippen LogP contribution in [0.1, 0.15) is 25.3 Å². The van der Waals surface area contributed by atoms with Crippen molar-refractivity contribution in [1.82, 2.24) is 0 Å². The van der Waals surface area contributed by atoms with Crippen LogP contribution in [0.5, 0.6) is 0 Å². The number of hydrogen-bond donors (Lipinski definition) is 0. The maximum atomic E-state index is 12.7. The van der Waals surface area contributed by atoms with E-state index in [-0.39, 0.29) is 5.43 Å². The molecule has 0 radical (unpaired) electrons. The summed E-state index contributed by atoms with van der Waals surface area (Å²) in [6, 6.07) is 14.1. The predicted molar refractivity (Wildman–Crippen MR) is 84.2 cm³/mol. The Morgan fingerprint density at radius 2 is 1.79 bits per heavy atom. The Hall–Kier alpha value is -1.67. The molecule has 0 atom stereocenters. The van der Waals surface area contributed by atoms with E-state index in [0.717, 1.165) is 39.4 Å². The number of benzene rings is 2. The zero-order chi connectivity index (χ0) is 13.2. The van der Waals surface area contributed by atoms with E-state index in [1.54, 1.807) is 11.3 Å². The molecule has 1 nitrogen and oxygen atoms in total. The molecule has 0 N–H and O–H groups in total. The standard InChI is InChI=1S/C17H16OS/c1-2-3-7-12-8-6-11-15-16(12)17(18)13-9-4-5-10-14(13)19-15/h4-6,8-11H,2-3,7H2,1H3. The molecule has 1 aromatic heterocycles. The Kier molecular flexibility index (Phi) is 3.34. The molecule has 2 aromatic carbocycles. The van der Waals surface area contributed by atoms with Crippen LogP contribution in [0, 0.1) is 0 Å². The molecule has 0 aliphatic rings. The fourth-order valence-electron chi connectivity index (χ4n) is 2.49. The highest BCUT2D eigenvalue weighted by Crippen LogP contribution is 2.27. The monoisotopic (exact) mass is 268 g/mol. The first-order valence-electron chi connectivity index (χ1n) is 6.74. The van der Waals surface area contributed by atoms with E-state index in [2.05, 4.69) is 25.1 Å². The SMILES string of the molecule is CCCCc1cccc2sc3ccccc3c(=O)c12. The predicted octanol–water partition coefficient (Wildman–Crippen LogP) is 4.76. The van der Waals surface area contributed by atoms with Crippen molar-refractivity contribution < 1.29 is 0 Å². The number of unbranched alkanes of at least 4 members (excludes halogenated alkanes) is 1. The first-order valence-corrected chi connectivity index (χ1v) is 7.56. The molecule has 0 bridgehead atoms. The summed E-state index contributed by atoms with van der Waals surface area (Å²) in [5, 5.41) is 1.78. The van der Waals surface area contributed by atoms with Crippen molar-refractivity contribution in [2.24, 2.45) is 0 Å². The van der Waals surface area contributed by atoms with Gasteiger partial charge in [-0.2, -0.15) is 0 Å². The van der Waals surface area contributed by atoms with E-state index >= 15 is 0 Å². The number of rotatable bonds is 3. The van der Waals surface area contributed by atoms with Crippen molar-refractivity contribution in [2.45, 2.75) is 26.2 Å². The minimum Gasteiger partial charge on any atom is -0.288 e. The first-order chi connectivity index (χ1) is 9.31. The third-order valence-electron chi connectivity index (χ3n) is 3.49. The molecule has 0 saturated heterocycles. The molecule has 3 aromatic rings. The highest BCUT2D eigenvalue weighted by molar-refractivity contribution is 7.24. The van der Waals surface area contributed by atoms with Gasteiger partial charge in [0, 0.05) is 20.2 Å².